The fraction of sp³-hybridized carbons (Fsp3) is 0. The van der Waals surface area contributed by atoms with Gasteiger partial charge in [0, 0.05) is 38.2 Å². The molecule has 12 rings (SSSR count). The predicted molar refractivity (Wildman–Crippen MR) is 229 cm³/mol. The molecule has 3 heterocycles. The standard InChI is InChI=1S/C51H29N3O2/c1-2-11-31-26-34(21-20-30(31)10-1)49-52-50(35-23-25-45-43(28-35)39-16-7-8-18-44(39)55-45)54-51(53-49)41-17-9-19-46-48(41)40-24-22-33(29-47(40)56-46)42-27-32-12-3-4-13-36(32)37-14-5-6-15-38(37)42/h1-29H. The maximum absolute atomic E-state index is 6.65. The number of para-hydroxylation sites is 1. The van der Waals surface area contributed by atoms with Crippen LogP contribution >= 0.6 is 0 Å². The van der Waals surface area contributed by atoms with E-state index in [-0.39, 0.29) is 0 Å². The molecule has 5 nitrogen and oxygen atoms in total. The van der Waals surface area contributed by atoms with Crippen LogP contribution in [0.15, 0.2) is 185 Å². The lowest BCUT2D eigenvalue weighted by Gasteiger charge is -2.11. The van der Waals surface area contributed by atoms with Crippen molar-refractivity contribution in [2.75, 3.05) is 0 Å². The first kappa shape index (κ1) is 30.8. The molecule has 260 valence electrons. The molecule has 56 heavy (non-hydrogen) atoms. The molecule has 0 fully saturated rings. The first-order valence-electron chi connectivity index (χ1n) is 18.8. The summed E-state index contributed by atoms with van der Waals surface area (Å²) in [5.74, 6) is 1.76. The van der Waals surface area contributed by atoms with Gasteiger partial charge in [-0.05, 0) is 98.0 Å². The number of furan rings is 2. The van der Waals surface area contributed by atoms with Gasteiger partial charge in [0.25, 0.3) is 0 Å². The molecule has 9 aromatic carbocycles. The Labute approximate surface area is 320 Å². The van der Waals surface area contributed by atoms with Gasteiger partial charge in [-0.2, -0.15) is 0 Å². The minimum atomic E-state index is 0.577. The summed E-state index contributed by atoms with van der Waals surface area (Å²) < 4.78 is 12.8. The molecule has 0 spiro atoms. The Morgan fingerprint density at radius 1 is 0.286 bits per heavy atom. The maximum atomic E-state index is 6.65. The summed E-state index contributed by atoms with van der Waals surface area (Å²) in [5, 5.41) is 11.2. The average Bonchev–Trinajstić information content (AvgIpc) is 3.83. The van der Waals surface area contributed by atoms with Crippen LogP contribution in [0, 0.1) is 0 Å². The van der Waals surface area contributed by atoms with Crippen LogP contribution in [-0.4, -0.2) is 15.0 Å². The average molecular weight is 716 g/mol. The second kappa shape index (κ2) is 11.9. The molecule has 5 heteroatoms. The van der Waals surface area contributed by atoms with E-state index in [1.807, 2.05) is 42.5 Å². The zero-order valence-corrected chi connectivity index (χ0v) is 29.9. The van der Waals surface area contributed by atoms with Crippen LogP contribution in [0.4, 0.5) is 0 Å². The van der Waals surface area contributed by atoms with E-state index in [1.165, 1.54) is 27.1 Å². The molecule has 0 saturated heterocycles. The van der Waals surface area contributed by atoms with E-state index < -0.39 is 0 Å². The van der Waals surface area contributed by atoms with Crippen molar-refractivity contribution >= 4 is 76.2 Å². The summed E-state index contributed by atoms with van der Waals surface area (Å²) >= 11 is 0. The maximum Gasteiger partial charge on any atom is 0.164 e. The highest BCUT2D eigenvalue weighted by atomic mass is 16.3. The van der Waals surface area contributed by atoms with E-state index in [2.05, 4.69) is 133 Å². The highest BCUT2D eigenvalue weighted by Gasteiger charge is 2.20. The van der Waals surface area contributed by atoms with Gasteiger partial charge in [-0.15, -0.1) is 0 Å². The first-order valence-corrected chi connectivity index (χ1v) is 18.8. The van der Waals surface area contributed by atoms with Gasteiger partial charge in [-0.25, -0.2) is 15.0 Å². The predicted octanol–water partition coefficient (Wildman–Crippen LogP) is 13.8. The molecule has 0 unspecified atom stereocenters. The number of hydrogen-bond donors (Lipinski definition) is 0. The minimum absolute atomic E-state index is 0.577. The monoisotopic (exact) mass is 715 g/mol. The second-order valence-corrected chi connectivity index (χ2v) is 14.4. The van der Waals surface area contributed by atoms with Crippen LogP contribution in [-0.2, 0) is 0 Å². The van der Waals surface area contributed by atoms with Crippen molar-refractivity contribution in [2.24, 2.45) is 0 Å². The van der Waals surface area contributed by atoms with Gasteiger partial charge in [0.15, 0.2) is 17.5 Å². The van der Waals surface area contributed by atoms with Gasteiger partial charge < -0.3 is 8.83 Å². The smallest absolute Gasteiger partial charge is 0.164 e. The molecule has 3 aromatic heterocycles. The molecule has 0 aliphatic carbocycles. The van der Waals surface area contributed by atoms with Crippen molar-refractivity contribution in [3.8, 4) is 45.3 Å². The van der Waals surface area contributed by atoms with Crippen molar-refractivity contribution in [3.05, 3.63) is 176 Å². The van der Waals surface area contributed by atoms with Crippen molar-refractivity contribution in [1.82, 2.24) is 15.0 Å². The quantitative estimate of drug-likeness (QED) is 0.170. The third-order valence-corrected chi connectivity index (χ3v) is 11.1. The lowest BCUT2D eigenvalue weighted by atomic mass is 9.93. The van der Waals surface area contributed by atoms with E-state index in [9.17, 15) is 0 Å². The Balaban J connectivity index is 1.06. The molecule has 0 amide bonds. The molecule has 0 N–H and O–H groups in total. The summed E-state index contributed by atoms with van der Waals surface area (Å²) in [6.45, 7) is 0. The van der Waals surface area contributed by atoms with Gasteiger partial charge in [-0.1, -0.05) is 121 Å². The van der Waals surface area contributed by atoms with E-state index in [4.69, 9.17) is 23.8 Å². The molecular formula is C51H29N3O2. The summed E-state index contributed by atoms with van der Waals surface area (Å²) in [5.41, 5.74) is 8.21. The van der Waals surface area contributed by atoms with Gasteiger partial charge in [-0.3, -0.25) is 0 Å². The fourth-order valence-electron chi connectivity index (χ4n) is 8.42. The number of aromatic nitrogens is 3. The van der Waals surface area contributed by atoms with Gasteiger partial charge in [0.05, 0.1) is 0 Å². The SMILES string of the molecule is c1ccc2cc(-c3nc(-c4ccc5oc6ccccc6c5c4)nc(-c4cccc5oc6cc(-c7cc8ccccc8c8ccccc78)ccc6c45)n3)ccc2c1. The Hall–Kier alpha value is -7.63. The molecule has 0 aliphatic rings. The number of rotatable bonds is 4. The van der Waals surface area contributed by atoms with E-state index in [0.29, 0.717) is 17.5 Å². The fourth-order valence-corrected chi connectivity index (χ4v) is 8.42. The molecule has 0 saturated carbocycles. The van der Waals surface area contributed by atoms with Gasteiger partial charge in [0.2, 0.25) is 0 Å². The molecule has 0 aliphatic heterocycles. The number of fused-ring (bicyclic) bond motifs is 10. The van der Waals surface area contributed by atoms with Crippen LogP contribution in [0.1, 0.15) is 0 Å². The van der Waals surface area contributed by atoms with Crippen molar-refractivity contribution in [1.29, 1.82) is 0 Å². The summed E-state index contributed by atoms with van der Waals surface area (Å²) in [6.07, 6.45) is 0. The van der Waals surface area contributed by atoms with Crippen LogP contribution in [0.25, 0.3) is 121 Å². The highest BCUT2D eigenvalue weighted by molar-refractivity contribution is 6.16. The van der Waals surface area contributed by atoms with Crippen LogP contribution in [0.2, 0.25) is 0 Å². The van der Waals surface area contributed by atoms with E-state index in [1.54, 1.807) is 0 Å². The van der Waals surface area contributed by atoms with Gasteiger partial charge in [0.1, 0.15) is 22.3 Å². The van der Waals surface area contributed by atoms with Crippen LogP contribution < -0.4 is 0 Å². The second-order valence-electron chi connectivity index (χ2n) is 14.4. The Morgan fingerprint density at radius 2 is 0.911 bits per heavy atom. The Kier molecular flexibility index (Phi) is 6.56. The van der Waals surface area contributed by atoms with Crippen molar-refractivity contribution in [3.63, 3.8) is 0 Å². The van der Waals surface area contributed by atoms with Crippen molar-refractivity contribution in [2.45, 2.75) is 0 Å². The summed E-state index contributed by atoms with van der Waals surface area (Å²) in [4.78, 5) is 15.5. The Bertz CT molecular complexity index is 3560. The topological polar surface area (TPSA) is 65.0 Å². The van der Waals surface area contributed by atoms with Crippen LogP contribution in [0.5, 0.6) is 0 Å². The third-order valence-electron chi connectivity index (χ3n) is 11.1. The summed E-state index contributed by atoms with van der Waals surface area (Å²) in [6, 6.07) is 61.1. The number of hydrogen-bond acceptors (Lipinski definition) is 5. The van der Waals surface area contributed by atoms with Crippen molar-refractivity contribution < 1.29 is 8.83 Å². The zero-order chi connectivity index (χ0) is 36.7. The normalized spacial score (nSPS) is 11.9. The lowest BCUT2D eigenvalue weighted by Crippen LogP contribution is -2.00. The zero-order valence-electron chi connectivity index (χ0n) is 29.9. The number of benzene rings is 9. The lowest BCUT2D eigenvalue weighted by molar-refractivity contribution is 0.668. The Morgan fingerprint density at radius 3 is 1.79 bits per heavy atom. The molecule has 0 radical (unpaired) electrons. The van der Waals surface area contributed by atoms with Crippen LogP contribution in [0.3, 0.4) is 0 Å². The molecular weight excluding hydrogens is 687 g/mol. The first-order chi connectivity index (χ1) is 27.7. The molecule has 12 aromatic rings. The number of nitrogens with zero attached hydrogens (tertiary/aromatic N) is 3. The third kappa shape index (κ3) is 4.78. The summed E-state index contributed by atoms with van der Waals surface area (Å²) in [7, 11) is 0. The highest BCUT2D eigenvalue weighted by Crippen LogP contribution is 2.41. The molecule has 0 bridgehead atoms. The van der Waals surface area contributed by atoms with E-state index >= 15 is 0 Å². The van der Waals surface area contributed by atoms with E-state index in [0.717, 1.165) is 76.9 Å². The van der Waals surface area contributed by atoms with Gasteiger partial charge >= 0.3 is 0 Å². The largest absolute Gasteiger partial charge is 0.456 e. The minimum Gasteiger partial charge on any atom is -0.456 e. The molecule has 0 atom stereocenters.